The second-order valence-corrected chi connectivity index (χ2v) is 4.27. The predicted molar refractivity (Wildman–Crippen MR) is 60.7 cm³/mol. The zero-order valence-electron chi connectivity index (χ0n) is 8.52. The summed E-state index contributed by atoms with van der Waals surface area (Å²) in [6.07, 6.45) is 2.83. The molecule has 0 saturated carbocycles. The Balaban J connectivity index is 2.31. The van der Waals surface area contributed by atoms with Gasteiger partial charge < -0.3 is 9.84 Å². The molecule has 0 aliphatic carbocycles. The second kappa shape index (κ2) is 4.28. The van der Waals surface area contributed by atoms with Crippen molar-refractivity contribution in [2.75, 3.05) is 13.2 Å². The van der Waals surface area contributed by atoms with Crippen molar-refractivity contribution >= 4 is 17.6 Å². The van der Waals surface area contributed by atoms with E-state index >= 15 is 0 Å². The van der Waals surface area contributed by atoms with Gasteiger partial charge in [0.25, 0.3) is 0 Å². The van der Waals surface area contributed by atoms with E-state index in [9.17, 15) is 4.79 Å². The summed E-state index contributed by atoms with van der Waals surface area (Å²) in [5.41, 5.74) is 0.660. The van der Waals surface area contributed by atoms with Crippen LogP contribution in [0.5, 0.6) is 0 Å². The molecule has 0 spiro atoms. The van der Waals surface area contributed by atoms with Crippen molar-refractivity contribution in [3.63, 3.8) is 0 Å². The summed E-state index contributed by atoms with van der Waals surface area (Å²) in [5, 5.41) is 9.29. The molecule has 0 bridgehead atoms. The van der Waals surface area contributed by atoms with Gasteiger partial charge in [0, 0.05) is 11.1 Å². The van der Waals surface area contributed by atoms with Crippen molar-refractivity contribution in [3.05, 3.63) is 47.0 Å². The van der Waals surface area contributed by atoms with E-state index in [1.807, 2.05) is 18.2 Å². The van der Waals surface area contributed by atoms with Crippen molar-refractivity contribution in [1.29, 1.82) is 0 Å². The minimum absolute atomic E-state index is 0.330. The molecule has 1 aliphatic heterocycles. The van der Waals surface area contributed by atoms with Crippen LogP contribution in [0.3, 0.4) is 0 Å². The smallest absolute Gasteiger partial charge is 0.328 e. The largest absolute Gasteiger partial charge is 0.478 e. The SMILES string of the molecule is O=C(O)/C=C/C1(c2cccc(Cl)c2)COC1. The molecule has 0 atom stereocenters. The zero-order chi connectivity index (χ0) is 11.6. The van der Waals surface area contributed by atoms with Crippen LogP contribution < -0.4 is 0 Å². The molecule has 1 aliphatic rings. The summed E-state index contributed by atoms with van der Waals surface area (Å²) in [4.78, 5) is 10.5. The molecule has 1 saturated heterocycles. The minimum Gasteiger partial charge on any atom is -0.478 e. The van der Waals surface area contributed by atoms with E-state index in [2.05, 4.69) is 0 Å². The fourth-order valence-electron chi connectivity index (χ4n) is 1.71. The molecule has 0 radical (unpaired) electrons. The van der Waals surface area contributed by atoms with E-state index < -0.39 is 5.97 Å². The Labute approximate surface area is 98.3 Å². The van der Waals surface area contributed by atoms with Crippen LogP contribution in [-0.4, -0.2) is 24.3 Å². The number of halogens is 1. The number of benzene rings is 1. The Morgan fingerprint density at radius 3 is 2.75 bits per heavy atom. The monoisotopic (exact) mass is 238 g/mol. The van der Waals surface area contributed by atoms with Crippen molar-refractivity contribution in [3.8, 4) is 0 Å². The molecule has 84 valence electrons. The van der Waals surface area contributed by atoms with Crippen LogP contribution in [0.4, 0.5) is 0 Å². The molecule has 0 aromatic heterocycles. The van der Waals surface area contributed by atoms with E-state index in [1.165, 1.54) is 0 Å². The van der Waals surface area contributed by atoms with Crippen molar-refractivity contribution < 1.29 is 14.6 Å². The summed E-state index contributed by atoms with van der Waals surface area (Å²) in [6, 6.07) is 7.42. The Morgan fingerprint density at radius 2 is 2.25 bits per heavy atom. The van der Waals surface area contributed by atoms with Gasteiger partial charge in [-0.1, -0.05) is 29.8 Å². The van der Waals surface area contributed by atoms with Crippen molar-refractivity contribution in [2.45, 2.75) is 5.41 Å². The fourth-order valence-corrected chi connectivity index (χ4v) is 1.90. The van der Waals surface area contributed by atoms with Crippen molar-refractivity contribution in [1.82, 2.24) is 0 Å². The first-order valence-electron chi connectivity index (χ1n) is 4.88. The first kappa shape index (κ1) is 11.2. The highest BCUT2D eigenvalue weighted by atomic mass is 35.5. The maximum absolute atomic E-state index is 10.5. The highest BCUT2D eigenvalue weighted by Gasteiger charge is 2.38. The third-order valence-corrected chi connectivity index (χ3v) is 2.90. The van der Waals surface area contributed by atoms with Gasteiger partial charge in [-0.05, 0) is 17.7 Å². The van der Waals surface area contributed by atoms with E-state index in [0.29, 0.717) is 18.2 Å². The van der Waals surface area contributed by atoms with Crippen LogP contribution in [0.15, 0.2) is 36.4 Å². The lowest BCUT2D eigenvalue weighted by Gasteiger charge is -2.39. The van der Waals surface area contributed by atoms with Crippen LogP contribution in [0, 0.1) is 0 Å². The molecule has 1 aromatic carbocycles. The molecule has 3 nitrogen and oxygen atoms in total. The van der Waals surface area contributed by atoms with Crippen LogP contribution >= 0.6 is 11.6 Å². The normalized spacial score (nSPS) is 18.3. The molecular formula is C12H11ClO3. The number of aliphatic carboxylic acids is 1. The first-order valence-corrected chi connectivity index (χ1v) is 5.26. The first-order chi connectivity index (χ1) is 7.62. The van der Waals surface area contributed by atoms with E-state index in [-0.39, 0.29) is 5.41 Å². The number of carboxylic acid groups (broad SMARTS) is 1. The quantitative estimate of drug-likeness (QED) is 0.822. The van der Waals surface area contributed by atoms with Crippen LogP contribution in [0.2, 0.25) is 5.02 Å². The number of rotatable bonds is 3. The fraction of sp³-hybridized carbons (Fsp3) is 0.250. The molecule has 1 N–H and O–H groups in total. The van der Waals surface area contributed by atoms with Crippen LogP contribution in [0.25, 0.3) is 0 Å². The molecule has 1 heterocycles. The van der Waals surface area contributed by atoms with Gasteiger partial charge in [0.1, 0.15) is 0 Å². The van der Waals surface area contributed by atoms with Crippen LogP contribution in [0.1, 0.15) is 5.56 Å². The Kier molecular flexibility index (Phi) is 2.99. The lowest BCUT2D eigenvalue weighted by molar-refractivity contribution is -0.131. The Bertz CT molecular complexity index is 436. The Hall–Kier alpha value is -1.32. The number of carboxylic acids is 1. The van der Waals surface area contributed by atoms with E-state index in [1.54, 1.807) is 12.1 Å². The minimum atomic E-state index is -0.951. The third-order valence-electron chi connectivity index (χ3n) is 2.66. The van der Waals surface area contributed by atoms with Gasteiger partial charge in [0.2, 0.25) is 0 Å². The van der Waals surface area contributed by atoms with Gasteiger partial charge >= 0.3 is 5.97 Å². The summed E-state index contributed by atoms with van der Waals surface area (Å²) < 4.78 is 5.18. The molecule has 4 heteroatoms. The lowest BCUT2D eigenvalue weighted by Crippen LogP contribution is -2.45. The highest BCUT2D eigenvalue weighted by molar-refractivity contribution is 6.30. The number of hydrogen-bond donors (Lipinski definition) is 1. The van der Waals surface area contributed by atoms with Gasteiger partial charge in [-0.3, -0.25) is 0 Å². The number of carbonyl (C=O) groups is 1. The average Bonchev–Trinajstić information content (AvgIpc) is 2.15. The Morgan fingerprint density at radius 1 is 1.50 bits per heavy atom. The molecule has 0 amide bonds. The van der Waals surface area contributed by atoms with Gasteiger partial charge in [0.05, 0.1) is 18.6 Å². The number of ether oxygens (including phenoxy) is 1. The second-order valence-electron chi connectivity index (χ2n) is 3.83. The summed E-state index contributed by atoms with van der Waals surface area (Å²) in [7, 11) is 0. The summed E-state index contributed by atoms with van der Waals surface area (Å²) >= 11 is 5.91. The third kappa shape index (κ3) is 2.10. The average molecular weight is 239 g/mol. The lowest BCUT2D eigenvalue weighted by atomic mass is 9.78. The predicted octanol–water partition coefficient (Wildman–Crippen LogP) is 2.25. The zero-order valence-corrected chi connectivity index (χ0v) is 9.28. The van der Waals surface area contributed by atoms with Gasteiger partial charge in [-0.2, -0.15) is 0 Å². The maximum Gasteiger partial charge on any atom is 0.328 e. The van der Waals surface area contributed by atoms with Crippen molar-refractivity contribution in [2.24, 2.45) is 0 Å². The van der Waals surface area contributed by atoms with E-state index in [0.717, 1.165) is 11.6 Å². The topological polar surface area (TPSA) is 46.5 Å². The summed E-state index contributed by atoms with van der Waals surface area (Å²) in [5.74, 6) is -0.951. The molecule has 0 unspecified atom stereocenters. The van der Waals surface area contributed by atoms with Gasteiger partial charge in [-0.15, -0.1) is 0 Å². The molecule has 1 fully saturated rings. The highest BCUT2D eigenvalue weighted by Crippen LogP contribution is 2.34. The van der Waals surface area contributed by atoms with Gasteiger partial charge in [0.15, 0.2) is 0 Å². The molecular weight excluding hydrogens is 228 g/mol. The maximum atomic E-state index is 10.5. The molecule has 2 rings (SSSR count). The summed E-state index contributed by atoms with van der Waals surface area (Å²) in [6.45, 7) is 0.994. The standard InChI is InChI=1S/C12H11ClO3/c13-10-3-1-2-9(6-10)12(7-16-8-12)5-4-11(14)15/h1-6H,7-8H2,(H,14,15)/b5-4+. The van der Waals surface area contributed by atoms with Gasteiger partial charge in [-0.25, -0.2) is 4.79 Å². The molecule has 16 heavy (non-hydrogen) atoms. The number of hydrogen-bond acceptors (Lipinski definition) is 2. The van der Waals surface area contributed by atoms with E-state index in [4.69, 9.17) is 21.4 Å². The van der Waals surface area contributed by atoms with Crippen LogP contribution in [-0.2, 0) is 14.9 Å². The molecule has 1 aromatic rings.